The number of aryl methyl sites for hydroxylation is 1. The van der Waals surface area contributed by atoms with E-state index >= 15 is 0 Å². The molecule has 0 saturated heterocycles. The third-order valence-corrected chi connectivity index (χ3v) is 6.91. The summed E-state index contributed by atoms with van der Waals surface area (Å²) in [4.78, 5) is 62.1. The van der Waals surface area contributed by atoms with Gasteiger partial charge in [0.2, 0.25) is 6.79 Å². The lowest BCUT2D eigenvalue weighted by Gasteiger charge is -2.20. The fourth-order valence-corrected chi connectivity index (χ4v) is 4.24. The zero-order valence-electron chi connectivity index (χ0n) is 23.6. The molecular formula is C28H34N6O8. The highest BCUT2D eigenvalue weighted by Crippen LogP contribution is 2.31. The minimum atomic E-state index is -1.17. The van der Waals surface area contributed by atoms with E-state index in [4.69, 9.17) is 20.0 Å². The van der Waals surface area contributed by atoms with Crippen molar-refractivity contribution in [2.24, 2.45) is 0 Å². The smallest absolute Gasteiger partial charge is 0.419 e. The maximum atomic E-state index is 13.6. The number of amides is 3. The number of nitrogens with zero attached hydrogens (tertiary/aromatic N) is 2. The van der Waals surface area contributed by atoms with Gasteiger partial charge in [-0.05, 0) is 62.8 Å². The van der Waals surface area contributed by atoms with E-state index in [2.05, 4.69) is 16.1 Å². The molecule has 2 aliphatic rings. The molecule has 2 fully saturated rings. The van der Waals surface area contributed by atoms with Crippen molar-refractivity contribution in [1.29, 1.82) is 5.41 Å². The molecule has 5 N–H and O–H groups in total. The van der Waals surface area contributed by atoms with Gasteiger partial charge in [0.05, 0.1) is 18.4 Å². The topological polar surface area (TPSA) is 192 Å². The van der Waals surface area contributed by atoms with Gasteiger partial charge in [-0.25, -0.2) is 9.69 Å². The molecule has 1 aromatic carbocycles. The van der Waals surface area contributed by atoms with Gasteiger partial charge in [-0.3, -0.25) is 29.3 Å². The van der Waals surface area contributed by atoms with Crippen LogP contribution < -0.4 is 16.1 Å². The molecule has 0 spiro atoms. The van der Waals surface area contributed by atoms with Crippen LogP contribution in [0, 0.1) is 19.3 Å². The molecule has 14 heteroatoms. The first-order valence-corrected chi connectivity index (χ1v) is 13.5. The lowest BCUT2D eigenvalue weighted by molar-refractivity contribution is -0.154. The second-order valence-electron chi connectivity index (χ2n) is 10.2. The van der Waals surface area contributed by atoms with E-state index in [1.165, 1.54) is 10.9 Å². The summed E-state index contributed by atoms with van der Waals surface area (Å²) in [7, 11) is 1.62. The fourth-order valence-electron chi connectivity index (χ4n) is 4.24. The van der Waals surface area contributed by atoms with Crippen LogP contribution in [-0.4, -0.2) is 76.3 Å². The van der Waals surface area contributed by atoms with E-state index in [9.17, 15) is 24.0 Å². The zero-order chi connectivity index (χ0) is 30.6. The molecule has 1 aromatic heterocycles. The lowest BCUT2D eigenvalue weighted by Crippen LogP contribution is -2.39. The summed E-state index contributed by atoms with van der Waals surface area (Å²) >= 11 is 0. The number of carbonyl (C=O) groups excluding carboxylic acids is 4. The van der Waals surface area contributed by atoms with Crippen molar-refractivity contribution in [2.75, 3.05) is 24.6 Å². The van der Waals surface area contributed by atoms with Crippen molar-refractivity contribution >= 4 is 41.4 Å². The molecule has 0 aliphatic heterocycles. The van der Waals surface area contributed by atoms with Crippen molar-refractivity contribution < 1.29 is 38.6 Å². The molecule has 2 aliphatic carbocycles. The van der Waals surface area contributed by atoms with Crippen LogP contribution in [0.25, 0.3) is 0 Å². The van der Waals surface area contributed by atoms with E-state index in [-0.39, 0.29) is 29.8 Å². The largest absolute Gasteiger partial charge is 0.481 e. The molecule has 4 rings (SSSR count). The number of hydrogen-bond acceptors (Lipinski definition) is 9. The van der Waals surface area contributed by atoms with Crippen molar-refractivity contribution in [1.82, 2.24) is 14.9 Å². The Morgan fingerprint density at radius 3 is 2.40 bits per heavy atom. The number of benzene rings is 1. The second kappa shape index (κ2) is 12.7. The number of amidine groups is 1. The average molecular weight is 583 g/mol. The van der Waals surface area contributed by atoms with Gasteiger partial charge in [0, 0.05) is 36.6 Å². The van der Waals surface area contributed by atoms with Gasteiger partial charge < -0.3 is 30.6 Å². The van der Waals surface area contributed by atoms with E-state index in [1.54, 1.807) is 32.2 Å². The Hall–Kier alpha value is -4.88. The molecule has 224 valence electrons. The number of esters is 1. The highest BCUT2D eigenvalue weighted by Gasteiger charge is 2.40. The predicted molar refractivity (Wildman–Crippen MR) is 150 cm³/mol. The minimum Gasteiger partial charge on any atom is -0.481 e. The number of carboxylic acids is 1. The number of aliphatic carboxylic acids is 1. The van der Waals surface area contributed by atoms with Crippen molar-refractivity contribution in [2.45, 2.75) is 64.5 Å². The number of nitrogens with one attached hydrogen (secondary N) is 4. The Labute approximate surface area is 241 Å². The number of aromatic nitrogens is 1. The summed E-state index contributed by atoms with van der Waals surface area (Å²) in [5, 5.41) is 23.4. The number of ether oxygens (including phenoxy) is 2. The first-order valence-electron chi connectivity index (χ1n) is 13.5. The van der Waals surface area contributed by atoms with Crippen LogP contribution in [-0.2, 0) is 19.1 Å². The van der Waals surface area contributed by atoms with Gasteiger partial charge in [-0.15, -0.1) is 0 Å². The molecular weight excluding hydrogens is 548 g/mol. The van der Waals surface area contributed by atoms with Crippen LogP contribution in [0.4, 0.5) is 10.5 Å². The quantitative estimate of drug-likeness (QED) is 0.108. The third-order valence-electron chi connectivity index (χ3n) is 6.91. The highest BCUT2D eigenvalue weighted by atomic mass is 16.7. The van der Waals surface area contributed by atoms with Crippen LogP contribution >= 0.6 is 0 Å². The first kappa shape index (κ1) is 30.1. The zero-order valence-corrected chi connectivity index (χ0v) is 23.6. The first-order chi connectivity index (χ1) is 20.0. The maximum absolute atomic E-state index is 13.6. The number of imide groups is 1. The molecule has 1 heterocycles. The Balaban J connectivity index is 1.48. The van der Waals surface area contributed by atoms with Gasteiger partial charge in [-0.2, -0.15) is 0 Å². The second-order valence-corrected chi connectivity index (χ2v) is 10.2. The van der Waals surface area contributed by atoms with E-state index in [0.29, 0.717) is 35.3 Å². The van der Waals surface area contributed by atoms with Crippen LogP contribution in [0.1, 0.15) is 76.1 Å². The van der Waals surface area contributed by atoms with E-state index in [0.717, 1.165) is 23.3 Å². The summed E-state index contributed by atoms with van der Waals surface area (Å²) in [6.45, 7) is 2.74. The van der Waals surface area contributed by atoms with Gasteiger partial charge in [0.15, 0.2) is 0 Å². The van der Waals surface area contributed by atoms with Crippen LogP contribution in [0.5, 0.6) is 0 Å². The number of carbonyl (C=O) groups is 5. The third kappa shape index (κ3) is 7.25. The molecule has 0 atom stereocenters. The summed E-state index contributed by atoms with van der Waals surface area (Å²) < 4.78 is 11.2. The molecule has 3 amide bonds. The number of rotatable bonds is 12. The normalized spacial score (nSPS) is 14.0. The minimum absolute atomic E-state index is 0.0439. The summed E-state index contributed by atoms with van der Waals surface area (Å²) in [6.07, 6.45) is 2.77. The molecule has 42 heavy (non-hydrogen) atoms. The standard InChI is InChI=1S/C28H34N6O8/c1-15-4-5-17(26(38)31-18-6-7-18)12-21(15)32-25(29)24-16(2)20(13-33(24)30-3)27(39)34(19-8-9-19)28(40)42-14-41-23(37)11-10-22(35)36/h4-5,12-13,18-19,30H,6-11,14H2,1-3H3,(H2,29,32)(H,31,38)(H,35,36). The number of hydrogen-bond donors (Lipinski definition) is 5. The van der Waals surface area contributed by atoms with Crippen molar-refractivity contribution in [3.63, 3.8) is 0 Å². The van der Waals surface area contributed by atoms with Crippen molar-refractivity contribution in [3.05, 3.63) is 52.3 Å². The van der Waals surface area contributed by atoms with Gasteiger partial charge in [0.25, 0.3) is 11.8 Å². The molecule has 0 unspecified atom stereocenters. The van der Waals surface area contributed by atoms with Crippen LogP contribution in [0.3, 0.4) is 0 Å². The van der Waals surface area contributed by atoms with E-state index < -0.39 is 43.2 Å². The number of carboxylic acid groups (broad SMARTS) is 1. The Morgan fingerprint density at radius 2 is 1.79 bits per heavy atom. The Bertz CT molecular complexity index is 1430. The molecule has 0 radical (unpaired) electrons. The Kier molecular flexibility index (Phi) is 9.13. The number of anilines is 1. The van der Waals surface area contributed by atoms with Gasteiger partial charge >= 0.3 is 18.0 Å². The summed E-state index contributed by atoms with van der Waals surface area (Å²) in [5.74, 6) is -2.89. The van der Waals surface area contributed by atoms with Crippen molar-refractivity contribution in [3.8, 4) is 0 Å². The Morgan fingerprint density at radius 1 is 1.07 bits per heavy atom. The fraction of sp³-hybridized carbons (Fsp3) is 0.429. The average Bonchev–Trinajstić information content (AvgIpc) is 3.88. The monoisotopic (exact) mass is 582 g/mol. The lowest BCUT2D eigenvalue weighted by atomic mass is 10.1. The van der Waals surface area contributed by atoms with Crippen LogP contribution in [0.2, 0.25) is 0 Å². The maximum Gasteiger partial charge on any atom is 0.419 e. The predicted octanol–water partition coefficient (Wildman–Crippen LogP) is 2.71. The molecule has 14 nitrogen and oxygen atoms in total. The molecule has 0 bridgehead atoms. The van der Waals surface area contributed by atoms with Crippen LogP contribution in [0.15, 0.2) is 24.4 Å². The van der Waals surface area contributed by atoms with E-state index in [1.807, 2.05) is 6.92 Å². The highest BCUT2D eigenvalue weighted by molar-refractivity contribution is 6.11. The molecule has 2 saturated carbocycles. The molecule has 2 aromatic rings. The van der Waals surface area contributed by atoms with Gasteiger partial charge in [-0.1, -0.05) is 6.07 Å². The SMILES string of the molecule is CNn1cc(C(=O)N(C(=O)OCOC(=O)CCC(=O)O)C2CC2)c(C)c1C(=N)Nc1cc(C(=O)NC2CC2)ccc1C. The summed E-state index contributed by atoms with van der Waals surface area (Å²) in [6, 6.07) is 5.01. The summed E-state index contributed by atoms with van der Waals surface area (Å²) in [5.41, 5.74) is 5.66. The van der Waals surface area contributed by atoms with Gasteiger partial charge in [0.1, 0.15) is 11.5 Å².